The van der Waals surface area contributed by atoms with Crippen molar-refractivity contribution in [1.82, 2.24) is 47.2 Å². The molecule has 5 aromatic carbocycles. The fourth-order valence-electron chi connectivity index (χ4n) is 10.2. The molecule has 0 unspecified atom stereocenters. The highest BCUT2D eigenvalue weighted by molar-refractivity contribution is 8.76. The molecule has 0 bridgehead atoms. The third-order valence-corrected chi connectivity index (χ3v) is 17.7. The van der Waals surface area contributed by atoms with Gasteiger partial charge in [-0.25, -0.2) is 0 Å². The summed E-state index contributed by atoms with van der Waals surface area (Å²) in [6.07, 6.45) is 6.23. The second kappa shape index (κ2) is 30.5. The third-order valence-electron chi connectivity index (χ3n) is 15.2. The summed E-state index contributed by atoms with van der Waals surface area (Å²) in [7, 11) is 2.18. The zero-order valence-corrected chi connectivity index (χ0v) is 49.1. The first-order valence-electron chi connectivity index (χ1n) is 28.6. The van der Waals surface area contributed by atoms with Crippen LogP contribution in [-0.2, 0) is 64.0 Å². The van der Waals surface area contributed by atoms with Gasteiger partial charge in [0.2, 0.25) is 47.3 Å². The molecule has 1 aliphatic heterocycles. The number of pyridine rings is 1. The lowest BCUT2D eigenvalue weighted by molar-refractivity contribution is -0.136. The zero-order valence-electron chi connectivity index (χ0n) is 47.5. The fraction of sp³-hybridized carbons (Fsp3) is 0.349. The van der Waals surface area contributed by atoms with E-state index in [1.807, 2.05) is 116 Å². The molecule has 1 aliphatic rings. The Morgan fingerprint density at radius 3 is 1.93 bits per heavy atom. The Labute approximate surface area is 501 Å². The first kappa shape index (κ1) is 62.7. The fourth-order valence-corrected chi connectivity index (χ4v) is 12.5. The molecule has 1 saturated heterocycles. The first-order chi connectivity index (χ1) is 41.1. The van der Waals surface area contributed by atoms with E-state index in [1.165, 1.54) is 0 Å². The van der Waals surface area contributed by atoms with Gasteiger partial charge in [0.25, 0.3) is 0 Å². The van der Waals surface area contributed by atoms with Crippen molar-refractivity contribution < 1.29 is 38.4 Å². The highest BCUT2D eigenvalue weighted by Gasteiger charge is 2.37. The number of rotatable bonds is 19. The molecule has 0 spiro atoms. The van der Waals surface area contributed by atoms with E-state index >= 15 is 0 Å². The number of hydrogen-bond acceptors (Lipinski definition) is 13. The quantitative estimate of drug-likeness (QED) is 0.0405. The van der Waals surface area contributed by atoms with Crippen molar-refractivity contribution >= 4 is 101 Å². The molecule has 85 heavy (non-hydrogen) atoms. The number of nitrogens with zero attached hydrogens (tertiary/aromatic N) is 1. The van der Waals surface area contributed by atoms with Crippen molar-refractivity contribution in [3.8, 4) is 0 Å². The van der Waals surface area contributed by atoms with Gasteiger partial charge in [0.1, 0.15) is 42.3 Å². The smallest absolute Gasteiger partial charge is 0.244 e. The number of fused-ring (bicyclic) bond motifs is 3. The van der Waals surface area contributed by atoms with Gasteiger partial charge in [-0.1, -0.05) is 151 Å². The zero-order chi connectivity index (χ0) is 60.4. The molecular formula is C63H74N12O8S2. The van der Waals surface area contributed by atoms with Crippen LogP contribution < -0.4 is 54.4 Å². The maximum absolute atomic E-state index is 15.0. The van der Waals surface area contributed by atoms with Crippen molar-refractivity contribution in [2.24, 2.45) is 23.1 Å². The van der Waals surface area contributed by atoms with E-state index in [2.05, 4.69) is 47.2 Å². The van der Waals surface area contributed by atoms with Crippen LogP contribution in [0.15, 0.2) is 140 Å². The number of para-hydroxylation sites is 1. The number of hydrogen-bond donors (Lipinski definition) is 11. The van der Waals surface area contributed by atoms with Gasteiger partial charge in [-0.05, 0) is 94.1 Å². The molecule has 22 heteroatoms. The lowest BCUT2D eigenvalue weighted by Crippen LogP contribution is -2.62. The van der Waals surface area contributed by atoms with E-state index in [4.69, 9.17) is 17.2 Å². The summed E-state index contributed by atoms with van der Waals surface area (Å²) < 4.78 is 0. The number of nitrogens with two attached hydrogens (primary N) is 3. The number of aromatic amines is 1. The number of aromatic nitrogens is 2. The maximum Gasteiger partial charge on any atom is 0.244 e. The van der Waals surface area contributed by atoms with E-state index in [9.17, 15) is 38.4 Å². The second-order valence-corrected chi connectivity index (χ2v) is 24.1. The normalized spacial score (nSPS) is 20.6. The van der Waals surface area contributed by atoms with Crippen molar-refractivity contribution in [2.75, 3.05) is 18.1 Å². The third kappa shape index (κ3) is 17.4. The molecular weight excluding hydrogens is 1120 g/mol. The van der Waals surface area contributed by atoms with E-state index in [1.54, 1.807) is 37.6 Å². The summed E-state index contributed by atoms with van der Waals surface area (Å²) in [5.41, 5.74) is 22.0. The van der Waals surface area contributed by atoms with Crippen LogP contribution in [0.2, 0.25) is 0 Å². The van der Waals surface area contributed by atoms with Gasteiger partial charge < -0.3 is 59.4 Å². The number of amides is 8. The van der Waals surface area contributed by atoms with Crippen molar-refractivity contribution in [3.05, 3.63) is 162 Å². The molecule has 8 amide bonds. The average Bonchev–Trinajstić information content (AvgIpc) is 4.22. The lowest BCUT2D eigenvalue weighted by atomic mass is 9.96. The molecule has 0 saturated carbocycles. The van der Waals surface area contributed by atoms with Crippen molar-refractivity contribution in [3.63, 3.8) is 0 Å². The molecule has 3 heterocycles. The number of benzene rings is 5. The van der Waals surface area contributed by atoms with Crippen LogP contribution in [0, 0.1) is 5.92 Å². The summed E-state index contributed by atoms with van der Waals surface area (Å²) in [4.78, 5) is 124. The molecule has 20 nitrogen and oxygen atoms in total. The number of H-pyrrole nitrogens is 1. The van der Waals surface area contributed by atoms with Crippen molar-refractivity contribution in [1.29, 1.82) is 0 Å². The van der Waals surface area contributed by atoms with Gasteiger partial charge in [0.15, 0.2) is 0 Å². The minimum absolute atomic E-state index is 0.0270. The number of primary amides is 1. The highest BCUT2D eigenvalue weighted by atomic mass is 33.1. The van der Waals surface area contributed by atoms with Gasteiger partial charge in [-0.15, -0.1) is 0 Å². The first-order valence-corrected chi connectivity index (χ1v) is 31.1. The Kier molecular flexibility index (Phi) is 22.5. The predicted octanol–water partition coefficient (Wildman–Crippen LogP) is 3.92. The Bertz CT molecular complexity index is 3500. The SMILES string of the molecule is CC[C@H](C)[C@H]1NC(=O)[C@H](CCCCN)NC(=O)[C@@H](Cc2c[nH]c3ccccc23)NC(=O)[C@H](Cc2cccnc2)NC(=O)[C@H](NC(=O)[C@@H](N)Cc2ccc3ccccc3c2)CSSC[C@@H](C(=O)N[C@@H](Cc2ccc3ccccc3c2)C(N)=O)NC1=O. The predicted molar refractivity (Wildman–Crippen MR) is 333 cm³/mol. The average molecular weight is 1190 g/mol. The van der Waals surface area contributed by atoms with Crippen LogP contribution in [0.5, 0.6) is 0 Å². The van der Waals surface area contributed by atoms with Gasteiger partial charge in [-0.3, -0.25) is 43.3 Å². The maximum atomic E-state index is 15.0. The minimum atomic E-state index is -1.37. The molecule has 1 fully saturated rings. The van der Waals surface area contributed by atoms with Crippen LogP contribution in [-0.4, -0.2) is 124 Å². The monoisotopic (exact) mass is 1190 g/mol. The van der Waals surface area contributed by atoms with Gasteiger partial charge in [0, 0.05) is 60.3 Å². The standard InChI is InChI=1S/C63H74N12O8S2/c1-3-37(2)55-63(83)74-54(61(81)70-50(56(66)76)30-39-22-24-42-15-5-7-17-44(42)28-39)36-85-84-35-53(73-57(77)47(65)29-38-21-23-41-14-4-6-16-43(41)27-38)62(82)71-51(31-40-13-12-26-67-33-40)59(79)72-52(32-45-34-68-48-19-9-8-18-46(45)48)60(80)69-49(58(78)75-55)20-10-11-25-64/h4-9,12-19,21-24,26-28,33-34,37,47,49-55,68H,3,10-11,20,25,29-32,35-36,64-65H2,1-2H3,(H2,66,76)(H,69,80)(H,70,81)(H,71,82)(H,72,79)(H,73,77)(H,74,83)(H,75,78)/t37-,47-,49-,50-,51-,52+,53+,54-,55+/m0/s1. The molecule has 446 valence electrons. The van der Waals surface area contributed by atoms with E-state index < -0.39 is 102 Å². The number of carbonyl (C=O) groups excluding carboxylic acids is 8. The minimum Gasteiger partial charge on any atom is -0.368 e. The van der Waals surface area contributed by atoms with Gasteiger partial charge >= 0.3 is 0 Å². The van der Waals surface area contributed by atoms with E-state index in [0.29, 0.717) is 42.5 Å². The Morgan fingerprint density at radius 1 is 0.659 bits per heavy atom. The van der Waals surface area contributed by atoms with Crippen LogP contribution in [0.4, 0.5) is 0 Å². The number of carbonyl (C=O) groups is 8. The molecule has 0 radical (unpaired) electrons. The second-order valence-electron chi connectivity index (χ2n) is 21.5. The molecule has 14 N–H and O–H groups in total. The Morgan fingerprint density at radius 2 is 1.27 bits per heavy atom. The van der Waals surface area contributed by atoms with Crippen molar-refractivity contribution in [2.45, 2.75) is 114 Å². The summed E-state index contributed by atoms with van der Waals surface area (Å²) in [5.74, 6) is -6.76. The molecule has 7 aromatic rings. The number of unbranched alkanes of at least 4 members (excludes halogenated alkanes) is 1. The Hall–Kier alpha value is -8.31. The summed E-state index contributed by atoms with van der Waals surface area (Å²) in [6.45, 7) is 3.90. The Balaban J connectivity index is 1.14. The summed E-state index contributed by atoms with van der Waals surface area (Å²) in [5, 5.41) is 24.6. The molecule has 9 atom stereocenters. The molecule has 0 aliphatic carbocycles. The lowest BCUT2D eigenvalue weighted by Gasteiger charge is -2.30. The van der Waals surface area contributed by atoms with E-state index in [0.717, 1.165) is 59.6 Å². The van der Waals surface area contributed by atoms with Crippen LogP contribution in [0.25, 0.3) is 32.4 Å². The topological polar surface area (TPSA) is 328 Å². The largest absolute Gasteiger partial charge is 0.368 e. The molecule has 8 rings (SSSR count). The van der Waals surface area contributed by atoms with Crippen LogP contribution in [0.3, 0.4) is 0 Å². The van der Waals surface area contributed by atoms with Gasteiger partial charge in [0.05, 0.1) is 6.04 Å². The summed E-state index contributed by atoms with van der Waals surface area (Å²) >= 11 is 0. The van der Waals surface area contributed by atoms with Gasteiger partial charge in [-0.2, -0.15) is 0 Å². The van der Waals surface area contributed by atoms with E-state index in [-0.39, 0.29) is 43.6 Å². The number of nitrogens with one attached hydrogen (secondary N) is 8. The summed E-state index contributed by atoms with van der Waals surface area (Å²) in [6, 6.07) is 27.4. The van der Waals surface area contributed by atoms with Crippen LogP contribution in [0.1, 0.15) is 61.8 Å². The molecule has 2 aromatic heterocycles. The van der Waals surface area contributed by atoms with Crippen LogP contribution >= 0.6 is 21.6 Å². The highest BCUT2D eigenvalue weighted by Crippen LogP contribution is 2.26.